The summed E-state index contributed by atoms with van der Waals surface area (Å²) in [5.41, 5.74) is -1.66. The smallest absolute Gasteiger partial charge is 0.373 e. The van der Waals surface area contributed by atoms with Crippen molar-refractivity contribution in [1.29, 1.82) is 5.41 Å². The minimum Gasteiger partial charge on any atom is -0.373 e. The molecular weight excluding hydrogens is 576 g/mol. The van der Waals surface area contributed by atoms with Crippen LogP contribution in [0.2, 0.25) is 0 Å². The third-order valence-electron chi connectivity index (χ3n) is 6.94. The second-order valence-electron chi connectivity index (χ2n) is 11.3. The largest absolute Gasteiger partial charge is 0.416 e. The molecule has 1 saturated carbocycles. The Morgan fingerprint density at radius 3 is 2.12 bits per heavy atom. The summed E-state index contributed by atoms with van der Waals surface area (Å²) in [7, 11) is 3.21. The molecule has 0 radical (unpaired) electrons. The van der Waals surface area contributed by atoms with Gasteiger partial charge in [-0.25, -0.2) is 4.98 Å². The lowest BCUT2D eigenvalue weighted by molar-refractivity contribution is -0.143. The Kier molecular flexibility index (Phi) is 9.21. The third-order valence-corrected chi connectivity index (χ3v) is 6.94. The lowest BCUT2D eigenvalue weighted by atomic mass is 10.0. The number of hydrogen-bond donors (Lipinski definition) is 2. The summed E-state index contributed by atoms with van der Waals surface area (Å²) in [6.45, 7) is 6.80. The van der Waals surface area contributed by atoms with Crippen molar-refractivity contribution in [1.82, 2.24) is 25.2 Å². The average molecular weight is 612 g/mol. The molecule has 1 aromatic carbocycles. The highest BCUT2D eigenvalue weighted by atomic mass is 19.4. The molecule has 3 aromatic rings. The van der Waals surface area contributed by atoms with E-state index in [1.165, 1.54) is 11.9 Å². The van der Waals surface area contributed by atoms with Crippen LogP contribution in [0, 0.1) is 17.2 Å². The molecule has 2 aromatic heterocycles. The van der Waals surface area contributed by atoms with Crippen LogP contribution in [0.4, 0.5) is 43.9 Å². The molecule has 43 heavy (non-hydrogen) atoms. The van der Waals surface area contributed by atoms with Gasteiger partial charge in [-0.3, -0.25) is 0 Å². The summed E-state index contributed by atoms with van der Waals surface area (Å²) >= 11 is 0. The zero-order chi connectivity index (χ0) is 31.7. The molecule has 0 spiro atoms. The number of rotatable bonds is 12. The Morgan fingerprint density at radius 2 is 1.65 bits per heavy atom. The van der Waals surface area contributed by atoms with Gasteiger partial charge < -0.3 is 20.5 Å². The molecule has 1 fully saturated rings. The van der Waals surface area contributed by atoms with Gasteiger partial charge in [0.1, 0.15) is 11.6 Å². The van der Waals surface area contributed by atoms with Crippen LogP contribution in [0.1, 0.15) is 61.4 Å². The monoisotopic (exact) mass is 611 g/mol. The van der Waals surface area contributed by atoms with Crippen LogP contribution in [0.3, 0.4) is 0 Å². The minimum absolute atomic E-state index is 0.0165. The van der Waals surface area contributed by atoms with E-state index in [1.54, 1.807) is 20.0 Å². The van der Waals surface area contributed by atoms with E-state index >= 15 is 0 Å². The summed E-state index contributed by atoms with van der Waals surface area (Å²) < 4.78 is 81.8. The Hall–Kier alpha value is -3.91. The van der Waals surface area contributed by atoms with Gasteiger partial charge in [-0.1, -0.05) is 18.9 Å². The molecule has 4 rings (SSSR count). The molecular formula is C28H35F6N9. The van der Waals surface area contributed by atoms with E-state index in [4.69, 9.17) is 10.4 Å². The van der Waals surface area contributed by atoms with Crippen molar-refractivity contribution < 1.29 is 26.3 Å². The number of benzene rings is 1. The first-order valence-corrected chi connectivity index (χ1v) is 13.8. The van der Waals surface area contributed by atoms with Crippen molar-refractivity contribution in [3.8, 4) is 0 Å². The number of pyridine rings is 1. The normalized spacial score (nSPS) is 13.9. The fraction of sp³-hybridized carbons (Fsp3) is 0.536. The van der Waals surface area contributed by atoms with Crippen LogP contribution in [-0.4, -0.2) is 51.0 Å². The molecule has 2 heterocycles. The van der Waals surface area contributed by atoms with Gasteiger partial charge in [-0.2, -0.15) is 31.1 Å². The SMILES string of the molecule is CNc1nc(N(CC(C)C)CC2CC2)c(CN(Cc2cc(C(F)(F)F)cc(C(F)(F)F)c2)c2nnn(C)n2)cc1C(C)=N. The number of tetrazole rings is 1. The molecule has 0 unspecified atom stereocenters. The first-order chi connectivity index (χ1) is 20.0. The second kappa shape index (κ2) is 12.4. The number of hydrogen-bond acceptors (Lipinski definition) is 8. The number of nitrogens with zero attached hydrogens (tertiary/aromatic N) is 7. The zero-order valence-corrected chi connectivity index (χ0v) is 24.6. The van der Waals surface area contributed by atoms with Gasteiger partial charge in [-0.05, 0) is 66.6 Å². The minimum atomic E-state index is -4.98. The van der Waals surface area contributed by atoms with E-state index in [9.17, 15) is 26.3 Å². The molecule has 0 bridgehead atoms. The highest BCUT2D eigenvalue weighted by Crippen LogP contribution is 2.38. The number of anilines is 3. The Morgan fingerprint density at radius 1 is 1.02 bits per heavy atom. The van der Waals surface area contributed by atoms with Crippen LogP contribution < -0.4 is 15.1 Å². The first-order valence-electron chi connectivity index (χ1n) is 13.8. The molecule has 9 nitrogen and oxygen atoms in total. The van der Waals surface area contributed by atoms with Crippen molar-refractivity contribution in [3.63, 3.8) is 0 Å². The van der Waals surface area contributed by atoms with Crippen molar-refractivity contribution in [3.05, 3.63) is 52.1 Å². The maximum absolute atomic E-state index is 13.6. The maximum Gasteiger partial charge on any atom is 0.416 e. The summed E-state index contributed by atoms with van der Waals surface area (Å²) in [6.07, 6.45) is -7.79. The van der Waals surface area contributed by atoms with Crippen molar-refractivity contribution >= 4 is 23.3 Å². The summed E-state index contributed by atoms with van der Waals surface area (Å²) in [5, 5.41) is 23.4. The topological polar surface area (TPSA) is 98.8 Å². The average Bonchev–Trinajstić information content (AvgIpc) is 3.62. The van der Waals surface area contributed by atoms with Gasteiger partial charge >= 0.3 is 12.4 Å². The zero-order valence-electron chi connectivity index (χ0n) is 24.6. The first kappa shape index (κ1) is 32.0. The lowest BCUT2D eigenvalue weighted by Gasteiger charge is -2.31. The number of aromatic nitrogens is 5. The second-order valence-corrected chi connectivity index (χ2v) is 11.3. The highest BCUT2D eigenvalue weighted by molar-refractivity contribution is 6.01. The van der Waals surface area contributed by atoms with Gasteiger partial charge in [0.05, 0.1) is 18.2 Å². The van der Waals surface area contributed by atoms with E-state index in [0.29, 0.717) is 47.4 Å². The van der Waals surface area contributed by atoms with Crippen molar-refractivity contribution in [2.45, 2.75) is 59.1 Å². The Bertz CT molecular complexity index is 1410. The van der Waals surface area contributed by atoms with E-state index in [1.807, 2.05) is 0 Å². The van der Waals surface area contributed by atoms with E-state index in [0.717, 1.165) is 24.2 Å². The van der Waals surface area contributed by atoms with Crippen LogP contribution in [0.5, 0.6) is 0 Å². The Balaban J connectivity index is 1.84. The van der Waals surface area contributed by atoms with Gasteiger partial charge in [0, 0.05) is 50.1 Å². The van der Waals surface area contributed by atoms with E-state index < -0.39 is 23.5 Å². The number of aryl methyl sites for hydroxylation is 1. The van der Waals surface area contributed by atoms with Crippen molar-refractivity contribution in [2.75, 3.05) is 35.3 Å². The predicted octanol–water partition coefficient (Wildman–Crippen LogP) is 6.15. The fourth-order valence-electron chi connectivity index (χ4n) is 4.85. The van der Waals surface area contributed by atoms with Crippen LogP contribution in [0.25, 0.3) is 0 Å². The van der Waals surface area contributed by atoms with Gasteiger partial charge in [0.25, 0.3) is 5.95 Å². The van der Waals surface area contributed by atoms with E-state index in [2.05, 4.69) is 39.5 Å². The van der Waals surface area contributed by atoms with Crippen LogP contribution in [-0.2, 0) is 32.5 Å². The molecule has 2 N–H and O–H groups in total. The summed E-state index contributed by atoms with van der Waals surface area (Å²) in [6, 6.07) is 3.29. The van der Waals surface area contributed by atoms with Crippen LogP contribution in [0.15, 0.2) is 24.3 Å². The van der Waals surface area contributed by atoms with E-state index in [-0.39, 0.29) is 42.3 Å². The highest BCUT2D eigenvalue weighted by Gasteiger charge is 2.37. The fourth-order valence-corrected chi connectivity index (χ4v) is 4.85. The molecule has 1 aliphatic rings. The molecule has 0 saturated heterocycles. The number of nitrogens with one attached hydrogen (secondary N) is 2. The van der Waals surface area contributed by atoms with Gasteiger partial charge in [0.15, 0.2) is 0 Å². The Labute approximate surface area is 245 Å². The lowest BCUT2D eigenvalue weighted by Crippen LogP contribution is -2.33. The molecule has 234 valence electrons. The molecule has 0 atom stereocenters. The predicted molar refractivity (Wildman–Crippen MR) is 151 cm³/mol. The summed E-state index contributed by atoms with van der Waals surface area (Å²) in [4.78, 5) is 9.67. The van der Waals surface area contributed by atoms with Crippen molar-refractivity contribution in [2.24, 2.45) is 18.9 Å². The summed E-state index contributed by atoms with van der Waals surface area (Å²) in [5.74, 6) is 1.90. The quantitative estimate of drug-likeness (QED) is 0.187. The number of alkyl halides is 6. The molecule has 15 heteroatoms. The molecule has 1 aliphatic carbocycles. The van der Waals surface area contributed by atoms with Gasteiger partial charge in [0.2, 0.25) is 0 Å². The van der Waals surface area contributed by atoms with Crippen LogP contribution >= 0.6 is 0 Å². The number of halogens is 6. The maximum atomic E-state index is 13.6. The third kappa shape index (κ3) is 8.14. The van der Waals surface area contributed by atoms with Gasteiger partial charge in [-0.15, -0.1) is 5.10 Å². The standard InChI is InChI=1S/C28H35F6N9/c1-16(2)12-42(13-18-6-7-18)25-20(10-23(17(3)35)24(36-4)37-25)15-43(26-38-40-41(5)39-26)14-19-8-21(27(29,30)31)11-22(9-19)28(32,33)34/h8-11,16,18,35H,6-7,12-15H2,1-5H3,(H,36,37). The molecule has 0 aliphatic heterocycles. The molecule has 0 amide bonds.